The van der Waals surface area contributed by atoms with E-state index in [4.69, 9.17) is 14.2 Å². The third kappa shape index (κ3) is 4.26. The standard InChI is InChI=1S/C17H25N5O3/c1-21-11-13(10-20-21)8-14-15(25-7-6-23-2)4-5-22(14)16-9-17(24-3)19-12-18-16/h9-12,14-15H,4-8H2,1-3H3/t14-,15-/m1/s1. The molecule has 2 aromatic rings. The molecule has 3 rings (SSSR count). The van der Waals surface area contributed by atoms with E-state index in [0.29, 0.717) is 19.1 Å². The fourth-order valence-electron chi connectivity index (χ4n) is 3.25. The first kappa shape index (κ1) is 17.6. The van der Waals surface area contributed by atoms with Crippen molar-refractivity contribution in [1.82, 2.24) is 19.7 Å². The van der Waals surface area contributed by atoms with Crippen molar-refractivity contribution >= 4 is 5.82 Å². The molecule has 0 aromatic carbocycles. The molecule has 0 N–H and O–H groups in total. The summed E-state index contributed by atoms with van der Waals surface area (Å²) in [7, 11) is 5.22. The summed E-state index contributed by atoms with van der Waals surface area (Å²) < 4.78 is 18.2. The summed E-state index contributed by atoms with van der Waals surface area (Å²) >= 11 is 0. The van der Waals surface area contributed by atoms with Crippen LogP contribution in [-0.4, -0.2) is 65.9 Å². The molecule has 0 aliphatic carbocycles. The maximum Gasteiger partial charge on any atom is 0.218 e. The van der Waals surface area contributed by atoms with Crippen molar-refractivity contribution in [3.8, 4) is 5.88 Å². The smallest absolute Gasteiger partial charge is 0.218 e. The van der Waals surface area contributed by atoms with E-state index >= 15 is 0 Å². The third-order valence-electron chi connectivity index (χ3n) is 4.44. The number of aryl methyl sites for hydroxylation is 1. The molecule has 0 bridgehead atoms. The Kier molecular flexibility index (Phi) is 5.83. The Hall–Kier alpha value is -2.19. The van der Waals surface area contributed by atoms with Crippen LogP contribution in [0, 0.1) is 0 Å². The molecule has 0 radical (unpaired) electrons. The van der Waals surface area contributed by atoms with E-state index in [-0.39, 0.29) is 12.1 Å². The van der Waals surface area contributed by atoms with Crippen LogP contribution in [0.15, 0.2) is 24.8 Å². The molecule has 0 spiro atoms. The van der Waals surface area contributed by atoms with Crippen molar-refractivity contribution in [2.45, 2.75) is 25.0 Å². The van der Waals surface area contributed by atoms with E-state index < -0.39 is 0 Å². The van der Waals surface area contributed by atoms with Gasteiger partial charge in [0.15, 0.2) is 0 Å². The molecule has 2 atom stereocenters. The van der Waals surface area contributed by atoms with E-state index in [2.05, 4.69) is 20.0 Å². The van der Waals surface area contributed by atoms with Crippen molar-refractivity contribution in [3.63, 3.8) is 0 Å². The van der Waals surface area contributed by atoms with Crippen LogP contribution in [0.2, 0.25) is 0 Å². The quantitative estimate of drug-likeness (QED) is 0.661. The lowest BCUT2D eigenvalue weighted by Crippen LogP contribution is -2.39. The minimum Gasteiger partial charge on any atom is -0.481 e. The zero-order chi connectivity index (χ0) is 17.6. The van der Waals surface area contributed by atoms with Crippen molar-refractivity contribution in [1.29, 1.82) is 0 Å². The molecule has 0 saturated carbocycles. The van der Waals surface area contributed by atoms with E-state index in [1.807, 2.05) is 30.2 Å². The molecule has 25 heavy (non-hydrogen) atoms. The fraction of sp³-hybridized carbons (Fsp3) is 0.588. The summed E-state index contributed by atoms with van der Waals surface area (Å²) in [5.41, 5.74) is 1.18. The SMILES string of the molecule is COCCO[C@@H]1CCN(c2cc(OC)ncn2)[C@@H]1Cc1cnn(C)c1. The van der Waals surface area contributed by atoms with Crippen LogP contribution in [0.4, 0.5) is 5.82 Å². The van der Waals surface area contributed by atoms with Gasteiger partial charge in [0.2, 0.25) is 5.88 Å². The third-order valence-corrected chi connectivity index (χ3v) is 4.44. The number of hydrogen-bond acceptors (Lipinski definition) is 7. The first-order valence-electron chi connectivity index (χ1n) is 8.42. The molecule has 1 fully saturated rings. The summed E-state index contributed by atoms with van der Waals surface area (Å²) in [5, 5.41) is 4.28. The van der Waals surface area contributed by atoms with Crippen molar-refractivity contribution in [2.75, 3.05) is 38.9 Å². The molecular formula is C17H25N5O3. The number of methoxy groups -OCH3 is 2. The van der Waals surface area contributed by atoms with Gasteiger partial charge in [0.05, 0.1) is 38.7 Å². The number of aromatic nitrogens is 4. The Labute approximate surface area is 147 Å². The normalized spacial score (nSPS) is 20.2. The molecule has 0 unspecified atom stereocenters. The molecule has 1 saturated heterocycles. The van der Waals surface area contributed by atoms with E-state index in [1.165, 1.54) is 11.9 Å². The van der Waals surface area contributed by atoms with Gasteiger partial charge >= 0.3 is 0 Å². The minimum absolute atomic E-state index is 0.122. The Balaban J connectivity index is 1.79. The zero-order valence-electron chi connectivity index (χ0n) is 15.0. The van der Waals surface area contributed by atoms with Crippen LogP contribution >= 0.6 is 0 Å². The molecule has 1 aliphatic heterocycles. The second-order valence-electron chi connectivity index (χ2n) is 6.10. The molecule has 0 amide bonds. The monoisotopic (exact) mass is 347 g/mol. The van der Waals surface area contributed by atoms with Gasteiger partial charge in [0.25, 0.3) is 0 Å². The topological polar surface area (TPSA) is 74.5 Å². The second-order valence-corrected chi connectivity index (χ2v) is 6.10. The van der Waals surface area contributed by atoms with Crippen LogP contribution in [0.25, 0.3) is 0 Å². The first-order valence-corrected chi connectivity index (χ1v) is 8.42. The molecule has 136 valence electrons. The summed E-state index contributed by atoms with van der Waals surface area (Å²) in [5.74, 6) is 1.42. The molecule has 8 nitrogen and oxygen atoms in total. The van der Waals surface area contributed by atoms with Gasteiger partial charge in [-0.2, -0.15) is 5.10 Å². The number of anilines is 1. The first-order chi connectivity index (χ1) is 12.2. The highest BCUT2D eigenvalue weighted by Crippen LogP contribution is 2.29. The van der Waals surface area contributed by atoms with Crippen molar-refractivity contribution in [3.05, 3.63) is 30.4 Å². The zero-order valence-corrected chi connectivity index (χ0v) is 15.0. The highest BCUT2D eigenvalue weighted by atomic mass is 16.5. The van der Waals surface area contributed by atoms with Gasteiger partial charge < -0.3 is 19.1 Å². The maximum atomic E-state index is 6.07. The second kappa shape index (κ2) is 8.26. The average Bonchev–Trinajstić information content (AvgIpc) is 3.22. The van der Waals surface area contributed by atoms with Crippen LogP contribution in [0.3, 0.4) is 0 Å². The van der Waals surface area contributed by atoms with Gasteiger partial charge in [-0.1, -0.05) is 0 Å². The number of ether oxygens (including phenoxy) is 3. The van der Waals surface area contributed by atoms with Crippen LogP contribution in [-0.2, 0) is 22.9 Å². The highest BCUT2D eigenvalue weighted by molar-refractivity contribution is 5.44. The number of hydrogen-bond donors (Lipinski definition) is 0. The lowest BCUT2D eigenvalue weighted by Gasteiger charge is -2.29. The Morgan fingerprint density at radius 3 is 2.84 bits per heavy atom. The number of rotatable bonds is 8. The maximum absolute atomic E-state index is 6.07. The summed E-state index contributed by atoms with van der Waals surface area (Å²) in [6, 6.07) is 2.05. The van der Waals surface area contributed by atoms with Crippen LogP contribution in [0.1, 0.15) is 12.0 Å². The van der Waals surface area contributed by atoms with Gasteiger partial charge in [-0.05, 0) is 18.4 Å². The van der Waals surface area contributed by atoms with Crippen LogP contribution < -0.4 is 9.64 Å². The molecule has 1 aliphatic rings. The van der Waals surface area contributed by atoms with Crippen molar-refractivity contribution in [2.24, 2.45) is 7.05 Å². The lowest BCUT2D eigenvalue weighted by molar-refractivity contribution is 0.0137. The van der Waals surface area contributed by atoms with E-state index in [9.17, 15) is 0 Å². The van der Waals surface area contributed by atoms with Gasteiger partial charge in [-0.25, -0.2) is 9.97 Å². The summed E-state index contributed by atoms with van der Waals surface area (Å²) in [6.07, 6.45) is 7.40. The van der Waals surface area contributed by atoms with Gasteiger partial charge in [0, 0.05) is 33.0 Å². The molecule has 2 aromatic heterocycles. The van der Waals surface area contributed by atoms with Gasteiger partial charge in [0.1, 0.15) is 12.1 Å². The van der Waals surface area contributed by atoms with Gasteiger partial charge in [-0.15, -0.1) is 0 Å². The molecule has 3 heterocycles. The average molecular weight is 347 g/mol. The summed E-state index contributed by atoms with van der Waals surface area (Å²) in [6.45, 7) is 2.06. The van der Waals surface area contributed by atoms with E-state index in [1.54, 1.807) is 14.2 Å². The summed E-state index contributed by atoms with van der Waals surface area (Å²) in [4.78, 5) is 10.8. The van der Waals surface area contributed by atoms with E-state index in [0.717, 1.165) is 25.2 Å². The van der Waals surface area contributed by atoms with Crippen molar-refractivity contribution < 1.29 is 14.2 Å². The molecule has 8 heteroatoms. The predicted molar refractivity (Wildman–Crippen MR) is 92.9 cm³/mol. The molecular weight excluding hydrogens is 322 g/mol. The Bertz CT molecular complexity index is 678. The van der Waals surface area contributed by atoms with Crippen LogP contribution in [0.5, 0.6) is 5.88 Å². The predicted octanol–water partition coefficient (Wildman–Crippen LogP) is 1.07. The number of nitrogens with zero attached hydrogens (tertiary/aromatic N) is 5. The Morgan fingerprint density at radius 1 is 1.24 bits per heavy atom. The largest absolute Gasteiger partial charge is 0.481 e. The van der Waals surface area contributed by atoms with Gasteiger partial charge in [-0.3, -0.25) is 4.68 Å². The Morgan fingerprint density at radius 2 is 2.12 bits per heavy atom. The minimum atomic E-state index is 0.122. The fourth-order valence-corrected chi connectivity index (χ4v) is 3.25. The lowest BCUT2D eigenvalue weighted by atomic mass is 10.0. The highest BCUT2D eigenvalue weighted by Gasteiger charge is 2.36.